The van der Waals surface area contributed by atoms with E-state index >= 15 is 0 Å². The molecule has 0 saturated heterocycles. The van der Waals surface area contributed by atoms with E-state index in [1.54, 1.807) is 0 Å². The molecule has 1 unspecified atom stereocenters. The SMILES string of the molecule is O=C(O)c1coc(NC2CCc3ccccc3C2)n1. The molecule has 0 bridgehead atoms. The minimum absolute atomic E-state index is 0.0706. The van der Waals surface area contributed by atoms with Crippen molar-refractivity contribution in [3.8, 4) is 0 Å². The van der Waals surface area contributed by atoms with E-state index in [-0.39, 0.29) is 17.8 Å². The molecule has 0 aliphatic heterocycles. The maximum atomic E-state index is 10.7. The molecule has 2 aromatic rings. The third kappa shape index (κ3) is 2.45. The van der Waals surface area contributed by atoms with Crippen molar-refractivity contribution < 1.29 is 14.3 Å². The van der Waals surface area contributed by atoms with Gasteiger partial charge in [-0.15, -0.1) is 0 Å². The number of carboxylic acids is 1. The molecule has 5 nitrogen and oxygen atoms in total. The third-order valence-electron chi connectivity index (χ3n) is 3.40. The summed E-state index contributed by atoms with van der Waals surface area (Å²) in [6, 6.07) is 8.88. The lowest BCUT2D eigenvalue weighted by atomic mass is 9.88. The topological polar surface area (TPSA) is 75.4 Å². The Morgan fingerprint density at radius 2 is 2.16 bits per heavy atom. The number of hydrogen-bond acceptors (Lipinski definition) is 4. The first-order valence-corrected chi connectivity index (χ1v) is 6.24. The molecule has 19 heavy (non-hydrogen) atoms. The van der Waals surface area contributed by atoms with Gasteiger partial charge in [-0.2, -0.15) is 4.98 Å². The summed E-state index contributed by atoms with van der Waals surface area (Å²) in [4.78, 5) is 14.6. The molecule has 1 aliphatic rings. The summed E-state index contributed by atoms with van der Waals surface area (Å²) >= 11 is 0. The van der Waals surface area contributed by atoms with Crippen LogP contribution in [0.3, 0.4) is 0 Å². The van der Waals surface area contributed by atoms with Gasteiger partial charge in [0.1, 0.15) is 6.26 Å². The number of aromatic nitrogens is 1. The normalized spacial score (nSPS) is 17.8. The number of benzene rings is 1. The van der Waals surface area contributed by atoms with Gasteiger partial charge in [0.05, 0.1) is 0 Å². The Balaban J connectivity index is 1.70. The summed E-state index contributed by atoms with van der Waals surface area (Å²) in [5.41, 5.74) is 2.65. The maximum absolute atomic E-state index is 10.7. The molecule has 1 heterocycles. The highest BCUT2D eigenvalue weighted by molar-refractivity contribution is 5.85. The van der Waals surface area contributed by atoms with Crippen LogP contribution in [0.25, 0.3) is 0 Å². The molecule has 1 atom stereocenters. The number of carboxylic acid groups (broad SMARTS) is 1. The summed E-state index contributed by atoms with van der Waals surface area (Å²) in [5.74, 6) is -1.08. The first kappa shape index (κ1) is 11.8. The summed E-state index contributed by atoms with van der Waals surface area (Å²) in [6.07, 6.45) is 4.06. The van der Waals surface area contributed by atoms with Crippen molar-refractivity contribution in [3.63, 3.8) is 0 Å². The average molecular weight is 258 g/mol. The van der Waals surface area contributed by atoms with E-state index in [0.29, 0.717) is 0 Å². The van der Waals surface area contributed by atoms with Crippen LogP contribution >= 0.6 is 0 Å². The van der Waals surface area contributed by atoms with Crippen LogP contribution in [-0.2, 0) is 12.8 Å². The number of rotatable bonds is 3. The fourth-order valence-corrected chi connectivity index (χ4v) is 2.43. The fourth-order valence-electron chi connectivity index (χ4n) is 2.43. The number of carbonyl (C=O) groups is 1. The second-order valence-electron chi connectivity index (χ2n) is 4.70. The van der Waals surface area contributed by atoms with E-state index in [9.17, 15) is 4.79 Å². The summed E-state index contributed by atoms with van der Waals surface area (Å²) in [7, 11) is 0. The van der Waals surface area contributed by atoms with Crippen molar-refractivity contribution >= 4 is 12.0 Å². The lowest BCUT2D eigenvalue weighted by Crippen LogP contribution is -2.27. The number of aryl methyl sites for hydroxylation is 1. The number of oxazole rings is 1. The fraction of sp³-hybridized carbons (Fsp3) is 0.286. The molecular formula is C14H14N2O3. The number of anilines is 1. The Labute approximate surface area is 110 Å². The molecule has 1 aromatic carbocycles. The average Bonchev–Trinajstić information content (AvgIpc) is 2.87. The highest BCUT2D eigenvalue weighted by atomic mass is 16.4. The number of nitrogens with one attached hydrogen (secondary N) is 1. The van der Waals surface area contributed by atoms with Gasteiger partial charge in [0.25, 0.3) is 6.01 Å². The monoisotopic (exact) mass is 258 g/mol. The molecule has 2 N–H and O–H groups in total. The van der Waals surface area contributed by atoms with Gasteiger partial charge >= 0.3 is 5.97 Å². The van der Waals surface area contributed by atoms with E-state index in [4.69, 9.17) is 9.52 Å². The molecular weight excluding hydrogens is 244 g/mol. The standard InChI is InChI=1S/C14H14N2O3/c17-13(18)12-8-19-14(16-12)15-11-6-5-9-3-1-2-4-10(9)7-11/h1-4,8,11H,5-7H2,(H,15,16)(H,17,18). The highest BCUT2D eigenvalue weighted by Crippen LogP contribution is 2.23. The van der Waals surface area contributed by atoms with Gasteiger partial charge in [-0.1, -0.05) is 24.3 Å². The minimum Gasteiger partial charge on any atom is -0.476 e. The summed E-state index contributed by atoms with van der Waals surface area (Å²) < 4.78 is 5.11. The predicted molar refractivity (Wildman–Crippen MR) is 69.3 cm³/mol. The van der Waals surface area contributed by atoms with Gasteiger partial charge in [-0.3, -0.25) is 0 Å². The zero-order valence-electron chi connectivity index (χ0n) is 10.3. The van der Waals surface area contributed by atoms with Crippen LogP contribution in [0.1, 0.15) is 28.0 Å². The Morgan fingerprint density at radius 3 is 2.89 bits per heavy atom. The second kappa shape index (κ2) is 4.76. The van der Waals surface area contributed by atoms with E-state index in [1.807, 2.05) is 6.07 Å². The lowest BCUT2D eigenvalue weighted by Gasteiger charge is -2.24. The van der Waals surface area contributed by atoms with Crippen LogP contribution < -0.4 is 5.32 Å². The van der Waals surface area contributed by atoms with Crippen molar-refractivity contribution in [2.45, 2.75) is 25.3 Å². The summed E-state index contributed by atoms with van der Waals surface area (Å²) in [5, 5.41) is 11.9. The van der Waals surface area contributed by atoms with Crippen LogP contribution in [-0.4, -0.2) is 22.1 Å². The van der Waals surface area contributed by atoms with Gasteiger partial charge in [0.2, 0.25) is 0 Å². The van der Waals surface area contributed by atoms with E-state index < -0.39 is 5.97 Å². The van der Waals surface area contributed by atoms with E-state index in [1.165, 1.54) is 11.1 Å². The number of fused-ring (bicyclic) bond motifs is 1. The molecule has 98 valence electrons. The second-order valence-corrected chi connectivity index (χ2v) is 4.70. The Kier molecular flexibility index (Phi) is 2.95. The first-order valence-electron chi connectivity index (χ1n) is 6.24. The van der Waals surface area contributed by atoms with Crippen LogP contribution in [0, 0.1) is 0 Å². The van der Waals surface area contributed by atoms with Crippen molar-refractivity contribution in [1.82, 2.24) is 4.98 Å². The molecule has 3 rings (SSSR count). The number of hydrogen-bond donors (Lipinski definition) is 2. The molecule has 0 radical (unpaired) electrons. The molecule has 1 aromatic heterocycles. The quantitative estimate of drug-likeness (QED) is 0.883. The van der Waals surface area contributed by atoms with Gasteiger partial charge in [-0.05, 0) is 30.4 Å². The van der Waals surface area contributed by atoms with E-state index in [0.717, 1.165) is 25.5 Å². The Bertz CT molecular complexity index is 606. The van der Waals surface area contributed by atoms with Gasteiger partial charge in [-0.25, -0.2) is 4.79 Å². The predicted octanol–water partition coefficient (Wildman–Crippen LogP) is 2.34. The third-order valence-corrected chi connectivity index (χ3v) is 3.40. The van der Waals surface area contributed by atoms with Crippen molar-refractivity contribution in [3.05, 3.63) is 47.3 Å². The zero-order chi connectivity index (χ0) is 13.2. The Hall–Kier alpha value is -2.30. The molecule has 0 spiro atoms. The molecule has 0 amide bonds. The minimum atomic E-state index is -1.08. The Morgan fingerprint density at radius 1 is 1.37 bits per heavy atom. The van der Waals surface area contributed by atoms with Crippen LogP contribution in [0.15, 0.2) is 34.9 Å². The zero-order valence-corrected chi connectivity index (χ0v) is 10.3. The first-order chi connectivity index (χ1) is 9.22. The smallest absolute Gasteiger partial charge is 0.357 e. The van der Waals surface area contributed by atoms with Crippen molar-refractivity contribution in [2.75, 3.05) is 5.32 Å². The molecule has 0 fully saturated rings. The van der Waals surface area contributed by atoms with Crippen LogP contribution in [0.5, 0.6) is 0 Å². The van der Waals surface area contributed by atoms with Crippen LogP contribution in [0.2, 0.25) is 0 Å². The molecule has 0 saturated carbocycles. The van der Waals surface area contributed by atoms with Crippen LogP contribution in [0.4, 0.5) is 6.01 Å². The largest absolute Gasteiger partial charge is 0.476 e. The number of aromatic carboxylic acids is 1. The van der Waals surface area contributed by atoms with Gasteiger partial charge in [0, 0.05) is 6.04 Å². The maximum Gasteiger partial charge on any atom is 0.357 e. The summed E-state index contributed by atoms with van der Waals surface area (Å²) in [6.45, 7) is 0. The lowest BCUT2D eigenvalue weighted by molar-refractivity contribution is 0.0690. The van der Waals surface area contributed by atoms with Gasteiger partial charge < -0.3 is 14.8 Å². The van der Waals surface area contributed by atoms with Crippen molar-refractivity contribution in [2.24, 2.45) is 0 Å². The highest BCUT2D eigenvalue weighted by Gasteiger charge is 2.20. The van der Waals surface area contributed by atoms with Crippen molar-refractivity contribution in [1.29, 1.82) is 0 Å². The van der Waals surface area contributed by atoms with E-state index in [2.05, 4.69) is 28.5 Å². The molecule has 1 aliphatic carbocycles. The van der Waals surface area contributed by atoms with Gasteiger partial charge in [0.15, 0.2) is 5.69 Å². The number of nitrogens with zero attached hydrogens (tertiary/aromatic N) is 1. The molecule has 5 heteroatoms.